The van der Waals surface area contributed by atoms with E-state index >= 15 is 0 Å². The molecular formula is C13H24N2O. The molecule has 0 aliphatic heterocycles. The molecule has 0 spiro atoms. The average Bonchev–Trinajstić information content (AvgIpc) is 2.77. The summed E-state index contributed by atoms with van der Waals surface area (Å²) < 4.78 is 5.30. The minimum atomic E-state index is 1.04. The molecule has 1 aromatic heterocycles. The fraction of sp³-hybridized carbons (Fsp3) is 0.692. The zero-order valence-electron chi connectivity index (χ0n) is 10.5. The second-order valence-corrected chi connectivity index (χ2v) is 4.24. The minimum Gasteiger partial charge on any atom is -0.469 e. The highest BCUT2D eigenvalue weighted by molar-refractivity contribution is 4.97. The van der Waals surface area contributed by atoms with E-state index in [1.807, 2.05) is 12.1 Å². The van der Waals surface area contributed by atoms with Gasteiger partial charge in [-0.2, -0.15) is 0 Å². The molecule has 1 heterocycles. The second kappa shape index (κ2) is 8.36. The van der Waals surface area contributed by atoms with E-state index in [-0.39, 0.29) is 0 Å². The molecule has 0 bridgehead atoms. The number of rotatable bonds is 9. The molecule has 92 valence electrons. The Morgan fingerprint density at radius 2 is 2.19 bits per heavy atom. The lowest BCUT2D eigenvalue weighted by atomic mass is 10.2. The number of aryl methyl sites for hydroxylation is 1. The Labute approximate surface area is 98.8 Å². The lowest BCUT2D eigenvalue weighted by Gasteiger charge is -2.16. The molecule has 0 saturated carbocycles. The van der Waals surface area contributed by atoms with E-state index in [1.165, 1.54) is 6.42 Å². The molecule has 1 N–H and O–H groups in total. The van der Waals surface area contributed by atoms with Crippen LogP contribution >= 0.6 is 0 Å². The van der Waals surface area contributed by atoms with Crippen molar-refractivity contribution in [3.05, 3.63) is 24.2 Å². The molecule has 1 aromatic rings. The molecule has 0 fully saturated rings. The highest BCUT2D eigenvalue weighted by Gasteiger charge is 1.99. The van der Waals surface area contributed by atoms with Crippen LogP contribution in [0.3, 0.4) is 0 Å². The fourth-order valence-electron chi connectivity index (χ4n) is 1.66. The molecule has 3 heteroatoms. The Hall–Kier alpha value is -0.800. The van der Waals surface area contributed by atoms with Crippen molar-refractivity contribution in [2.24, 2.45) is 0 Å². The third-order valence-electron chi connectivity index (χ3n) is 2.64. The molecule has 1 rings (SSSR count). The first kappa shape index (κ1) is 13.3. The molecule has 0 aromatic carbocycles. The smallest absolute Gasteiger partial charge is 0.103 e. The molecule has 3 nitrogen and oxygen atoms in total. The summed E-state index contributed by atoms with van der Waals surface area (Å²) in [6.45, 7) is 6.66. The predicted octanol–water partition coefficient (Wildman–Crippen LogP) is 2.14. The number of hydrogen-bond donors (Lipinski definition) is 1. The van der Waals surface area contributed by atoms with Crippen molar-refractivity contribution in [1.82, 2.24) is 10.2 Å². The molecule has 0 unspecified atom stereocenters. The minimum absolute atomic E-state index is 1.04. The standard InChI is InChI=1S/C13H24N2O/c1-3-8-14-9-11-15(2)10-4-6-13-7-5-12-16-13/h5,7,12,14H,3-4,6,8-11H2,1-2H3. The maximum atomic E-state index is 5.30. The van der Waals surface area contributed by atoms with Crippen LogP contribution in [0.25, 0.3) is 0 Å². The molecule has 0 radical (unpaired) electrons. The van der Waals surface area contributed by atoms with Crippen molar-refractivity contribution in [2.75, 3.05) is 33.2 Å². The van der Waals surface area contributed by atoms with Gasteiger partial charge in [0.25, 0.3) is 0 Å². The third kappa shape index (κ3) is 5.93. The maximum absolute atomic E-state index is 5.30. The topological polar surface area (TPSA) is 28.4 Å². The lowest BCUT2D eigenvalue weighted by molar-refractivity contribution is 0.323. The Kier molecular flexibility index (Phi) is 6.93. The van der Waals surface area contributed by atoms with E-state index in [0.717, 1.165) is 44.8 Å². The van der Waals surface area contributed by atoms with E-state index < -0.39 is 0 Å². The normalized spacial score (nSPS) is 11.2. The number of furan rings is 1. The van der Waals surface area contributed by atoms with Gasteiger partial charge >= 0.3 is 0 Å². The molecular weight excluding hydrogens is 200 g/mol. The van der Waals surface area contributed by atoms with Crippen molar-refractivity contribution in [2.45, 2.75) is 26.2 Å². The molecule has 0 amide bonds. The zero-order chi connectivity index (χ0) is 11.6. The van der Waals surface area contributed by atoms with E-state index in [1.54, 1.807) is 6.26 Å². The second-order valence-electron chi connectivity index (χ2n) is 4.24. The van der Waals surface area contributed by atoms with E-state index in [9.17, 15) is 0 Å². The van der Waals surface area contributed by atoms with Crippen molar-refractivity contribution in [3.63, 3.8) is 0 Å². The van der Waals surface area contributed by atoms with Crippen LogP contribution in [0.15, 0.2) is 22.8 Å². The van der Waals surface area contributed by atoms with Gasteiger partial charge < -0.3 is 14.6 Å². The van der Waals surface area contributed by atoms with Crippen LogP contribution in [0, 0.1) is 0 Å². The van der Waals surface area contributed by atoms with Crippen LogP contribution in [0.5, 0.6) is 0 Å². The van der Waals surface area contributed by atoms with Crippen molar-refractivity contribution >= 4 is 0 Å². The van der Waals surface area contributed by atoms with Gasteiger partial charge in [-0.05, 0) is 45.1 Å². The fourth-order valence-corrected chi connectivity index (χ4v) is 1.66. The van der Waals surface area contributed by atoms with Crippen LogP contribution in [0.4, 0.5) is 0 Å². The highest BCUT2D eigenvalue weighted by atomic mass is 16.3. The Bertz CT molecular complexity index is 246. The number of nitrogens with zero attached hydrogens (tertiary/aromatic N) is 1. The maximum Gasteiger partial charge on any atom is 0.103 e. The van der Waals surface area contributed by atoms with E-state index in [0.29, 0.717) is 0 Å². The Balaban J connectivity index is 1.95. The van der Waals surface area contributed by atoms with Crippen LogP contribution < -0.4 is 5.32 Å². The SMILES string of the molecule is CCCNCCN(C)CCCc1ccco1. The van der Waals surface area contributed by atoms with Crippen LogP contribution in [0.2, 0.25) is 0 Å². The molecule has 0 aliphatic rings. The van der Waals surface area contributed by atoms with Gasteiger partial charge in [0.15, 0.2) is 0 Å². The molecule has 0 atom stereocenters. The van der Waals surface area contributed by atoms with Crippen LogP contribution in [-0.2, 0) is 6.42 Å². The monoisotopic (exact) mass is 224 g/mol. The first-order valence-electron chi connectivity index (χ1n) is 6.24. The largest absolute Gasteiger partial charge is 0.469 e. The van der Waals surface area contributed by atoms with Crippen molar-refractivity contribution in [3.8, 4) is 0 Å². The summed E-state index contributed by atoms with van der Waals surface area (Å²) in [5, 5.41) is 3.41. The summed E-state index contributed by atoms with van der Waals surface area (Å²) in [5.74, 6) is 1.09. The summed E-state index contributed by atoms with van der Waals surface area (Å²) in [6, 6.07) is 4.00. The summed E-state index contributed by atoms with van der Waals surface area (Å²) in [7, 11) is 2.18. The number of hydrogen-bond acceptors (Lipinski definition) is 3. The summed E-state index contributed by atoms with van der Waals surface area (Å²) in [5.41, 5.74) is 0. The first-order chi connectivity index (χ1) is 7.83. The van der Waals surface area contributed by atoms with Gasteiger partial charge in [0.2, 0.25) is 0 Å². The molecule has 0 saturated heterocycles. The number of likely N-dealkylation sites (N-methyl/N-ethyl adjacent to an activating group) is 1. The van der Waals surface area contributed by atoms with E-state index in [4.69, 9.17) is 4.42 Å². The van der Waals surface area contributed by atoms with Crippen molar-refractivity contribution < 1.29 is 4.42 Å². The molecule has 16 heavy (non-hydrogen) atoms. The average molecular weight is 224 g/mol. The van der Waals surface area contributed by atoms with Crippen molar-refractivity contribution in [1.29, 1.82) is 0 Å². The van der Waals surface area contributed by atoms with Gasteiger partial charge in [0.1, 0.15) is 5.76 Å². The first-order valence-corrected chi connectivity index (χ1v) is 6.24. The Morgan fingerprint density at radius 3 is 2.88 bits per heavy atom. The third-order valence-corrected chi connectivity index (χ3v) is 2.64. The van der Waals surface area contributed by atoms with E-state index in [2.05, 4.69) is 24.2 Å². The quantitative estimate of drug-likeness (QED) is 0.651. The molecule has 0 aliphatic carbocycles. The summed E-state index contributed by atoms with van der Waals surface area (Å²) in [4.78, 5) is 2.37. The van der Waals surface area contributed by atoms with Gasteiger partial charge in [0.05, 0.1) is 6.26 Å². The predicted molar refractivity (Wildman–Crippen MR) is 67.7 cm³/mol. The number of nitrogens with one attached hydrogen (secondary N) is 1. The lowest BCUT2D eigenvalue weighted by Crippen LogP contribution is -2.30. The highest BCUT2D eigenvalue weighted by Crippen LogP contribution is 2.03. The van der Waals surface area contributed by atoms with Gasteiger partial charge in [-0.3, -0.25) is 0 Å². The van der Waals surface area contributed by atoms with Gasteiger partial charge in [-0.1, -0.05) is 6.92 Å². The van der Waals surface area contributed by atoms with Gasteiger partial charge in [0, 0.05) is 19.5 Å². The van der Waals surface area contributed by atoms with Gasteiger partial charge in [-0.15, -0.1) is 0 Å². The van der Waals surface area contributed by atoms with Crippen LogP contribution in [0.1, 0.15) is 25.5 Å². The summed E-state index contributed by atoms with van der Waals surface area (Å²) in [6.07, 6.45) is 5.16. The zero-order valence-corrected chi connectivity index (χ0v) is 10.5. The van der Waals surface area contributed by atoms with Gasteiger partial charge in [-0.25, -0.2) is 0 Å². The summed E-state index contributed by atoms with van der Waals surface area (Å²) >= 11 is 0. The van der Waals surface area contributed by atoms with Crippen LogP contribution in [-0.4, -0.2) is 38.1 Å². The Morgan fingerprint density at radius 1 is 1.31 bits per heavy atom.